The van der Waals surface area contributed by atoms with Crippen LogP contribution in [0.1, 0.15) is 57.8 Å². The van der Waals surface area contributed by atoms with Crippen LogP contribution in [0, 0.1) is 0 Å². The maximum absolute atomic E-state index is 13.2. The van der Waals surface area contributed by atoms with Gasteiger partial charge in [0.25, 0.3) is 23.5 Å². The minimum Gasteiger partial charge on any atom is -0.489 e. The highest BCUT2D eigenvalue weighted by atomic mass is 32.2. The van der Waals surface area contributed by atoms with Crippen molar-refractivity contribution in [3.05, 3.63) is 102 Å². The summed E-state index contributed by atoms with van der Waals surface area (Å²) in [6.45, 7) is 7.36. The number of hydrogen-bond donors (Lipinski definition) is 7. The van der Waals surface area contributed by atoms with Gasteiger partial charge in [-0.25, -0.2) is 4.79 Å². The number of esters is 1. The van der Waals surface area contributed by atoms with Gasteiger partial charge in [-0.15, -0.1) is 0 Å². The van der Waals surface area contributed by atoms with E-state index in [1.165, 1.54) is 24.8 Å². The number of methoxy groups -OCH3 is 1. The Balaban J connectivity index is 1.29. The highest BCUT2D eigenvalue weighted by Gasteiger charge is 2.56. The average molecular weight is 911 g/mol. The van der Waals surface area contributed by atoms with Gasteiger partial charge in [0, 0.05) is 55.6 Å². The van der Waals surface area contributed by atoms with Crippen molar-refractivity contribution in [3.8, 4) is 16.9 Å². The van der Waals surface area contributed by atoms with Gasteiger partial charge in [-0.3, -0.25) is 19.2 Å². The van der Waals surface area contributed by atoms with Crippen LogP contribution in [0.2, 0.25) is 0 Å². The van der Waals surface area contributed by atoms with Crippen LogP contribution < -0.4 is 26.0 Å². The molecule has 63 heavy (non-hydrogen) atoms. The van der Waals surface area contributed by atoms with E-state index < -0.39 is 67.0 Å². The number of carbonyl (C=O) groups excluding carboxylic acids is 5. The molecule has 1 aliphatic heterocycles. The van der Waals surface area contributed by atoms with Gasteiger partial charge in [0.05, 0.1) is 37.5 Å². The second-order valence-corrected chi connectivity index (χ2v) is 17.0. The molecule has 1 saturated heterocycles. The Bertz CT molecular complexity index is 1980. The molecule has 0 aliphatic carbocycles. The number of thioether (sulfide) groups is 2. The van der Waals surface area contributed by atoms with Gasteiger partial charge in [-0.05, 0) is 59.4 Å². The van der Waals surface area contributed by atoms with E-state index in [1.54, 1.807) is 54.2 Å². The van der Waals surface area contributed by atoms with Gasteiger partial charge >= 0.3 is 5.97 Å². The zero-order valence-electron chi connectivity index (χ0n) is 35.7. The number of aliphatic hydroxyl groups excluding tert-OH is 3. The topological polar surface area (TPSA) is 231 Å². The van der Waals surface area contributed by atoms with E-state index in [9.17, 15) is 39.3 Å². The molecule has 0 unspecified atom stereocenters. The molecule has 4 amide bonds. The summed E-state index contributed by atoms with van der Waals surface area (Å²) in [6, 6.07) is 19.8. The van der Waals surface area contributed by atoms with Crippen molar-refractivity contribution >= 4 is 53.1 Å². The molecule has 0 saturated carbocycles. The minimum absolute atomic E-state index is 0.0577. The number of nitrogens with one attached hydrogen (secondary N) is 4. The highest BCUT2D eigenvalue weighted by molar-refractivity contribution is 7.99. The summed E-state index contributed by atoms with van der Waals surface area (Å²) in [4.78, 5) is 64.1. The fourth-order valence-electron chi connectivity index (χ4n) is 6.61. The van der Waals surface area contributed by atoms with Crippen molar-refractivity contribution in [1.82, 2.24) is 21.3 Å². The molecule has 0 radical (unpaired) electrons. The number of ether oxygens (including phenoxy) is 4. The van der Waals surface area contributed by atoms with Gasteiger partial charge < -0.3 is 55.5 Å². The largest absolute Gasteiger partial charge is 0.489 e. The van der Waals surface area contributed by atoms with Crippen LogP contribution in [-0.2, 0) is 23.8 Å². The molecular weight excluding hydrogens is 853 g/mol. The SMILES string of the molecule is C=CCOc1cc(C(=O)NCCSCC)ccc1C(=O)NCCSCCCO[C@]1(C(=O)OC)C[C@H](O)[C@@H](NC(C)=O)[C@H]([C@H](O)[C@H](O)CNC(=O)c2ccc(-c3ccccc3)cc2)O1. The molecule has 0 spiro atoms. The molecule has 1 aliphatic rings. The number of amides is 4. The van der Waals surface area contributed by atoms with E-state index in [4.69, 9.17) is 18.9 Å². The lowest BCUT2D eigenvalue weighted by atomic mass is 9.88. The van der Waals surface area contributed by atoms with E-state index in [2.05, 4.69) is 27.8 Å². The molecule has 16 nitrogen and oxygen atoms in total. The molecular formula is C45H58N4O12S2. The first-order chi connectivity index (χ1) is 30.3. The quantitative estimate of drug-likeness (QED) is 0.0369. The zero-order valence-corrected chi connectivity index (χ0v) is 37.3. The number of aliphatic hydroxyl groups is 3. The van der Waals surface area contributed by atoms with E-state index in [0.29, 0.717) is 42.1 Å². The predicted molar refractivity (Wildman–Crippen MR) is 242 cm³/mol. The fourth-order valence-corrected chi connectivity index (χ4v) is 7.92. The molecule has 3 aromatic rings. The lowest BCUT2D eigenvalue weighted by molar-refractivity contribution is -0.311. The number of rotatable bonds is 25. The summed E-state index contributed by atoms with van der Waals surface area (Å²) >= 11 is 3.21. The van der Waals surface area contributed by atoms with Gasteiger partial charge in [-0.2, -0.15) is 23.5 Å². The predicted octanol–water partition coefficient (Wildman–Crippen LogP) is 2.95. The van der Waals surface area contributed by atoms with E-state index in [1.807, 2.05) is 37.3 Å². The van der Waals surface area contributed by atoms with Crippen LogP contribution >= 0.6 is 23.5 Å². The summed E-state index contributed by atoms with van der Waals surface area (Å²) in [5.41, 5.74) is 2.82. The fraction of sp³-hybridized carbons (Fsp3) is 0.444. The van der Waals surface area contributed by atoms with Gasteiger partial charge in [0.1, 0.15) is 24.6 Å². The van der Waals surface area contributed by atoms with Gasteiger partial charge in [0.15, 0.2) is 0 Å². The smallest absolute Gasteiger partial charge is 0.366 e. The van der Waals surface area contributed by atoms with Crippen molar-refractivity contribution in [1.29, 1.82) is 0 Å². The molecule has 0 aromatic heterocycles. The molecule has 1 heterocycles. The second-order valence-electron chi connectivity index (χ2n) is 14.4. The average Bonchev–Trinajstić information content (AvgIpc) is 3.29. The lowest BCUT2D eigenvalue weighted by Gasteiger charge is -2.47. The maximum atomic E-state index is 13.2. The van der Waals surface area contributed by atoms with E-state index in [0.717, 1.165) is 29.7 Å². The normalized spacial score (nSPS) is 19.2. The van der Waals surface area contributed by atoms with Gasteiger partial charge in [0.2, 0.25) is 5.91 Å². The van der Waals surface area contributed by atoms with Crippen molar-refractivity contribution in [3.63, 3.8) is 0 Å². The molecule has 1 fully saturated rings. The summed E-state index contributed by atoms with van der Waals surface area (Å²) in [5.74, 6) is -1.93. The van der Waals surface area contributed by atoms with Crippen molar-refractivity contribution < 1.29 is 58.2 Å². The van der Waals surface area contributed by atoms with Crippen molar-refractivity contribution in [2.75, 3.05) is 63.0 Å². The first kappa shape index (κ1) is 50.7. The van der Waals surface area contributed by atoms with E-state index >= 15 is 0 Å². The van der Waals surface area contributed by atoms with Crippen LogP contribution in [0.25, 0.3) is 11.1 Å². The Kier molecular flexibility index (Phi) is 20.9. The Morgan fingerprint density at radius 3 is 2.21 bits per heavy atom. The first-order valence-corrected chi connectivity index (χ1v) is 22.9. The van der Waals surface area contributed by atoms with Crippen LogP contribution in [0.5, 0.6) is 5.75 Å². The zero-order chi connectivity index (χ0) is 45.8. The van der Waals surface area contributed by atoms with Crippen LogP contribution in [0.3, 0.4) is 0 Å². The van der Waals surface area contributed by atoms with E-state index in [-0.39, 0.29) is 36.3 Å². The second kappa shape index (κ2) is 26.0. The summed E-state index contributed by atoms with van der Waals surface area (Å²) in [5, 5.41) is 44.4. The third kappa shape index (κ3) is 15.1. The molecule has 6 atom stereocenters. The van der Waals surface area contributed by atoms with Gasteiger partial charge in [-0.1, -0.05) is 62.0 Å². The first-order valence-electron chi connectivity index (χ1n) is 20.6. The monoisotopic (exact) mass is 910 g/mol. The maximum Gasteiger partial charge on any atom is 0.366 e. The molecule has 18 heteroatoms. The van der Waals surface area contributed by atoms with Crippen molar-refractivity contribution in [2.45, 2.75) is 62.9 Å². The third-order valence-corrected chi connectivity index (χ3v) is 11.7. The number of carbonyl (C=O) groups is 5. The Morgan fingerprint density at radius 1 is 0.889 bits per heavy atom. The van der Waals surface area contributed by atoms with Crippen LogP contribution in [0.15, 0.2) is 85.5 Å². The summed E-state index contributed by atoms with van der Waals surface area (Å²) < 4.78 is 22.7. The van der Waals surface area contributed by atoms with Crippen LogP contribution in [-0.4, -0.2) is 144 Å². The molecule has 342 valence electrons. The Labute approximate surface area is 376 Å². The molecule has 7 N–H and O–H groups in total. The lowest BCUT2D eigenvalue weighted by Crippen LogP contribution is -2.68. The van der Waals surface area contributed by atoms with Crippen molar-refractivity contribution in [2.24, 2.45) is 0 Å². The summed E-state index contributed by atoms with van der Waals surface area (Å²) in [6.07, 6.45) is -5.13. The molecule has 4 rings (SSSR count). The third-order valence-electron chi connectivity index (χ3n) is 9.78. The minimum atomic E-state index is -2.22. The molecule has 0 bridgehead atoms. The Morgan fingerprint density at radius 2 is 1.54 bits per heavy atom. The molecule has 3 aromatic carbocycles. The highest BCUT2D eigenvalue weighted by Crippen LogP contribution is 2.34. The standard InChI is InChI=1S/C45H58N4O12S2/c1-5-21-59-37-26-33(42(55)46-19-24-62-6-2)17-18-34(37)43(56)47-20-25-63-23-10-22-60-45(44(57)58-4)27-35(51)38(49-29(3)50)40(61-45)39(53)36(52)28-48-41(54)32-15-13-31(14-16-32)30-11-8-7-9-12-30/h5,7-9,11-18,26,35-36,38-40,51-53H,1,6,10,19-25,27-28H2,2-4H3,(H,46,55)(H,47,56)(H,48,54)(H,49,50)/t35-,36+,38+,39+,40+,45+/m0/s1. The number of benzene rings is 3. The number of hydrogen-bond acceptors (Lipinski definition) is 14. The summed E-state index contributed by atoms with van der Waals surface area (Å²) in [7, 11) is 1.10. The Hall–Kier alpha value is -4.95. The van der Waals surface area contributed by atoms with Crippen LogP contribution in [0.4, 0.5) is 0 Å².